The first-order valence-corrected chi connectivity index (χ1v) is 7.16. The minimum atomic E-state index is 0.238. The van der Waals surface area contributed by atoms with Gasteiger partial charge in [0.05, 0.1) is 6.61 Å². The summed E-state index contributed by atoms with van der Waals surface area (Å²) in [6, 6.07) is 8.30. The second kappa shape index (κ2) is 6.40. The maximum atomic E-state index is 8.90. The molecule has 2 N–H and O–H groups in total. The van der Waals surface area contributed by atoms with Gasteiger partial charge in [0.1, 0.15) is 5.75 Å². The number of aliphatic hydroxyl groups excluding tert-OH is 1. The van der Waals surface area contributed by atoms with E-state index in [0.717, 1.165) is 38.3 Å². The van der Waals surface area contributed by atoms with Gasteiger partial charge >= 0.3 is 0 Å². The van der Waals surface area contributed by atoms with E-state index in [2.05, 4.69) is 31.3 Å². The molecule has 1 aromatic carbocycles. The number of hydrogen-bond acceptors (Lipinski definition) is 3. The molecular weight excluding hydrogens is 238 g/mol. The van der Waals surface area contributed by atoms with Crippen molar-refractivity contribution in [2.75, 3.05) is 26.3 Å². The number of aliphatic hydroxyl groups is 1. The number of benzene rings is 1. The number of ether oxygens (including phenoxy) is 1. The van der Waals surface area contributed by atoms with E-state index in [1.165, 1.54) is 5.56 Å². The highest BCUT2D eigenvalue weighted by atomic mass is 16.5. The zero-order chi connectivity index (χ0) is 13.7. The van der Waals surface area contributed by atoms with Crippen LogP contribution >= 0.6 is 0 Å². The third-order valence-electron chi connectivity index (χ3n) is 3.80. The number of para-hydroxylation sites is 1. The molecule has 1 heterocycles. The van der Waals surface area contributed by atoms with E-state index in [9.17, 15) is 0 Å². The Labute approximate surface area is 116 Å². The van der Waals surface area contributed by atoms with Crippen molar-refractivity contribution >= 4 is 0 Å². The van der Waals surface area contributed by atoms with Crippen LogP contribution in [-0.2, 0) is 0 Å². The fraction of sp³-hybridized carbons (Fsp3) is 0.625. The van der Waals surface area contributed by atoms with Gasteiger partial charge in [0.25, 0.3) is 0 Å². The highest BCUT2D eigenvalue weighted by molar-refractivity contribution is 5.39. The molecule has 0 aromatic heterocycles. The predicted octanol–water partition coefficient (Wildman–Crippen LogP) is 2.55. The van der Waals surface area contributed by atoms with Crippen molar-refractivity contribution in [1.29, 1.82) is 0 Å². The van der Waals surface area contributed by atoms with Gasteiger partial charge in [-0.1, -0.05) is 32.0 Å². The third-order valence-corrected chi connectivity index (χ3v) is 3.80. The van der Waals surface area contributed by atoms with Crippen LogP contribution in [0.2, 0.25) is 0 Å². The van der Waals surface area contributed by atoms with Crippen LogP contribution in [0.5, 0.6) is 5.75 Å². The molecule has 1 aliphatic rings. The molecule has 1 aliphatic heterocycles. The van der Waals surface area contributed by atoms with Gasteiger partial charge in [0.15, 0.2) is 0 Å². The lowest BCUT2D eigenvalue weighted by molar-refractivity contribution is 0.234. The van der Waals surface area contributed by atoms with E-state index in [1.807, 2.05) is 12.1 Å². The summed E-state index contributed by atoms with van der Waals surface area (Å²) in [4.78, 5) is 0. The molecule has 3 heteroatoms. The maximum absolute atomic E-state index is 8.90. The Kier molecular flexibility index (Phi) is 4.83. The van der Waals surface area contributed by atoms with E-state index >= 15 is 0 Å². The smallest absolute Gasteiger partial charge is 0.122 e. The first kappa shape index (κ1) is 14.4. The average molecular weight is 263 g/mol. The summed E-state index contributed by atoms with van der Waals surface area (Å²) in [5, 5.41) is 12.5. The first-order valence-electron chi connectivity index (χ1n) is 7.16. The number of rotatable bonds is 7. The molecule has 0 saturated carbocycles. The predicted molar refractivity (Wildman–Crippen MR) is 77.6 cm³/mol. The molecule has 0 amide bonds. The standard InChI is InChI=1S/C16H25NO2/c1-16(2,8-5-9-18)12-17-10-13-11-19-15-7-4-3-6-14(13)15/h3-4,6-7,13,17-18H,5,8-12H2,1-2H3. The van der Waals surface area contributed by atoms with Crippen molar-refractivity contribution in [3.63, 3.8) is 0 Å². The lowest BCUT2D eigenvalue weighted by Crippen LogP contribution is -2.32. The van der Waals surface area contributed by atoms with Crippen molar-refractivity contribution in [3.8, 4) is 5.75 Å². The zero-order valence-corrected chi connectivity index (χ0v) is 12.0. The second-order valence-corrected chi connectivity index (χ2v) is 6.17. The summed E-state index contributed by atoms with van der Waals surface area (Å²) in [7, 11) is 0. The fourth-order valence-corrected chi connectivity index (χ4v) is 2.63. The van der Waals surface area contributed by atoms with Crippen LogP contribution in [0, 0.1) is 5.41 Å². The van der Waals surface area contributed by atoms with Gasteiger partial charge < -0.3 is 15.2 Å². The molecule has 2 rings (SSSR count). The molecule has 3 nitrogen and oxygen atoms in total. The lowest BCUT2D eigenvalue weighted by Gasteiger charge is -2.25. The topological polar surface area (TPSA) is 41.5 Å². The first-order chi connectivity index (χ1) is 9.12. The van der Waals surface area contributed by atoms with E-state index in [-0.39, 0.29) is 12.0 Å². The van der Waals surface area contributed by atoms with Gasteiger partial charge in [-0.2, -0.15) is 0 Å². The summed E-state index contributed by atoms with van der Waals surface area (Å²) in [6.07, 6.45) is 1.93. The number of hydrogen-bond donors (Lipinski definition) is 2. The summed E-state index contributed by atoms with van der Waals surface area (Å²) in [5.41, 5.74) is 1.56. The molecule has 0 saturated heterocycles. The minimum absolute atomic E-state index is 0.238. The molecule has 19 heavy (non-hydrogen) atoms. The van der Waals surface area contributed by atoms with Crippen LogP contribution in [0.4, 0.5) is 0 Å². The van der Waals surface area contributed by atoms with Gasteiger partial charge in [-0.05, 0) is 24.3 Å². The number of fused-ring (bicyclic) bond motifs is 1. The van der Waals surface area contributed by atoms with Crippen LogP contribution in [-0.4, -0.2) is 31.4 Å². The van der Waals surface area contributed by atoms with Crippen LogP contribution in [0.15, 0.2) is 24.3 Å². The van der Waals surface area contributed by atoms with Crippen molar-refractivity contribution in [2.45, 2.75) is 32.6 Å². The normalized spacial score (nSPS) is 18.2. The van der Waals surface area contributed by atoms with Gasteiger partial charge in [-0.15, -0.1) is 0 Å². The largest absolute Gasteiger partial charge is 0.493 e. The quantitative estimate of drug-likeness (QED) is 0.794. The van der Waals surface area contributed by atoms with Crippen molar-refractivity contribution in [3.05, 3.63) is 29.8 Å². The van der Waals surface area contributed by atoms with Crippen molar-refractivity contribution in [2.24, 2.45) is 5.41 Å². The Hall–Kier alpha value is -1.06. The minimum Gasteiger partial charge on any atom is -0.493 e. The fourth-order valence-electron chi connectivity index (χ4n) is 2.63. The van der Waals surface area contributed by atoms with Crippen molar-refractivity contribution in [1.82, 2.24) is 5.32 Å². The summed E-state index contributed by atoms with van der Waals surface area (Å²) in [6.45, 7) is 7.49. The Balaban J connectivity index is 1.78. The van der Waals surface area contributed by atoms with Crippen LogP contribution in [0.1, 0.15) is 38.2 Å². The monoisotopic (exact) mass is 263 g/mol. The molecule has 0 bridgehead atoms. The molecule has 1 atom stereocenters. The lowest BCUT2D eigenvalue weighted by atomic mass is 9.87. The van der Waals surface area contributed by atoms with Crippen LogP contribution in [0.25, 0.3) is 0 Å². The van der Waals surface area contributed by atoms with Gasteiger partial charge in [-0.25, -0.2) is 0 Å². The Morgan fingerprint density at radius 1 is 1.37 bits per heavy atom. The summed E-state index contributed by atoms with van der Waals surface area (Å²) >= 11 is 0. The van der Waals surface area contributed by atoms with Gasteiger partial charge in [0, 0.05) is 31.2 Å². The number of nitrogens with one attached hydrogen (secondary N) is 1. The Morgan fingerprint density at radius 2 is 2.16 bits per heavy atom. The maximum Gasteiger partial charge on any atom is 0.122 e. The van der Waals surface area contributed by atoms with Crippen molar-refractivity contribution < 1.29 is 9.84 Å². The highest BCUT2D eigenvalue weighted by Crippen LogP contribution is 2.33. The highest BCUT2D eigenvalue weighted by Gasteiger charge is 2.24. The average Bonchev–Trinajstić information content (AvgIpc) is 2.80. The third kappa shape index (κ3) is 3.95. The molecule has 106 valence electrons. The molecule has 0 fully saturated rings. The second-order valence-electron chi connectivity index (χ2n) is 6.17. The van der Waals surface area contributed by atoms with E-state index in [0.29, 0.717) is 5.92 Å². The molecule has 1 unspecified atom stereocenters. The summed E-state index contributed by atoms with van der Waals surface area (Å²) in [5.74, 6) is 1.50. The Morgan fingerprint density at radius 3 is 2.95 bits per heavy atom. The van der Waals surface area contributed by atoms with E-state index in [1.54, 1.807) is 0 Å². The molecule has 0 radical (unpaired) electrons. The van der Waals surface area contributed by atoms with Gasteiger partial charge in [0.2, 0.25) is 0 Å². The zero-order valence-electron chi connectivity index (χ0n) is 12.0. The molecule has 1 aromatic rings. The van der Waals surface area contributed by atoms with Crippen LogP contribution < -0.4 is 10.1 Å². The molecule has 0 spiro atoms. The van der Waals surface area contributed by atoms with E-state index < -0.39 is 0 Å². The summed E-state index contributed by atoms with van der Waals surface area (Å²) < 4.78 is 5.69. The SMILES string of the molecule is CC(C)(CCCO)CNCC1COc2ccccc21. The van der Waals surface area contributed by atoms with E-state index in [4.69, 9.17) is 9.84 Å². The molecular formula is C16H25NO2. The van der Waals surface area contributed by atoms with Gasteiger partial charge in [-0.3, -0.25) is 0 Å². The van der Waals surface area contributed by atoms with Crippen LogP contribution in [0.3, 0.4) is 0 Å². The Bertz CT molecular complexity index is 403. The molecule has 0 aliphatic carbocycles.